The van der Waals surface area contributed by atoms with Crippen LogP contribution in [0.5, 0.6) is 0 Å². The number of alkyl halides is 3. The van der Waals surface area contributed by atoms with Crippen LogP contribution in [0.15, 0.2) is 54.6 Å². The number of aliphatic hydroxyl groups is 1. The Morgan fingerprint density at radius 1 is 1.04 bits per heavy atom. The van der Waals surface area contributed by atoms with Crippen LogP contribution in [0.4, 0.5) is 13.2 Å². The number of nitrogens with two attached hydrogens (primary N) is 1. The van der Waals surface area contributed by atoms with Gasteiger partial charge in [0.1, 0.15) is 6.23 Å². The van der Waals surface area contributed by atoms with Crippen LogP contribution < -0.4 is 5.73 Å². The highest BCUT2D eigenvalue weighted by Gasteiger charge is 2.30. The molecular formula is C18H20F3NO2. The summed E-state index contributed by atoms with van der Waals surface area (Å²) >= 11 is 0. The Morgan fingerprint density at radius 3 is 2.29 bits per heavy atom. The van der Waals surface area contributed by atoms with Gasteiger partial charge in [0.05, 0.1) is 17.8 Å². The molecule has 0 amide bonds. The summed E-state index contributed by atoms with van der Waals surface area (Å²) in [7, 11) is 0. The van der Waals surface area contributed by atoms with Crippen molar-refractivity contribution in [2.75, 3.05) is 0 Å². The Balaban J connectivity index is 1.95. The first-order valence-electron chi connectivity index (χ1n) is 7.50. The first-order valence-corrected chi connectivity index (χ1v) is 7.50. The highest BCUT2D eigenvalue weighted by atomic mass is 19.4. The smallest absolute Gasteiger partial charge is 0.385 e. The second kappa shape index (κ2) is 7.34. The maximum Gasteiger partial charge on any atom is 0.416 e. The van der Waals surface area contributed by atoms with Crippen molar-refractivity contribution in [2.45, 2.75) is 38.0 Å². The van der Waals surface area contributed by atoms with Crippen LogP contribution in [0.1, 0.15) is 30.0 Å². The van der Waals surface area contributed by atoms with E-state index in [1.165, 1.54) is 12.1 Å². The van der Waals surface area contributed by atoms with Gasteiger partial charge in [-0.15, -0.1) is 0 Å². The van der Waals surface area contributed by atoms with Crippen molar-refractivity contribution >= 4 is 0 Å². The summed E-state index contributed by atoms with van der Waals surface area (Å²) in [6.07, 6.45) is -5.08. The van der Waals surface area contributed by atoms with Crippen LogP contribution in [0.3, 0.4) is 0 Å². The number of halogens is 3. The number of benzene rings is 2. The summed E-state index contributed by atoms with van der Waals surface area (Å²) in [4.78, 5) is 0. The number of hydrogen-bond acceptors (Lipinski definition) is 3. The third-order valence-corrected chi connectivity index (χ3v) is 3.71. The quantitative estimate of drug-likeness (QED) is 0.787. The molecule has 0 spiro atoms. The molecule has 3 N–H and O–H groups in total. The van der Waals surface area contributed by atoms with Gasteiger partial charge in [-0.2, -0.15) is 13.2 Å². The lowest BCUT2D eigenvalue weighted by Crippen LogP contribution is -2.34. The van der Waals surface area contributed by atoms with Gasteiger partial charge in [0.2, 0.25) is 0 Å². The fourth-order valence-corrected chi connectivity index (χ4v) is 2.41. The average Bonchev–Trinajstić information content (AvgIpc) is 2.53. The molecule has 0 aliphatic rings. The summed E-state index contributed by atoms with van der Waals surface area (Å²) in [6, 6.07) is 13.9. The van der Waals surface area contributed by atoms with Gasteiger partial charge >= 0.3 is 6.18 Å². The number of rotatable bonds is 6. The van der Waals surface area contributed by atoms with Crippen LogP contribution in [0.25, 0.3) is 0 Å². The molecule has 2 atom stereocenters. The zero-order chi connectivity index (χ0) is 17.8. The first-order chi connectivity index (χ1) is 11.2. The summed E-state index contributed by atoms with van der Waals surface area (Å²) in [5.74, 6) is 0. The molecule has 2 aromatic carbocycles. The van der Waals surface area contributed by atoms with Crippen molar-refractivity contribution in [3.8, 4) is 0 Å². The minimum absolute atomic E-state index is 0.0596. The molecule has 0 saturated heterocycles. The SMILES string of the molecule is CC(O)(CC(N)OCc1cccc(C(F)(F)F)c1)c1ccccc1. The molecule has 3 nitrogen and oxygen atoms in total. The van der Waals surface area contributed by atoms with Gasteiger partial charge in [0.15, 0.2) is 0 Å². The Bertz CT molecular complexity index is 657. The van der Waals surface area contributed by atoms with E-state index in [-0.39, 0.29) is 13.0 Å². The molecule has 130 valence electrons. The van der Waals surface area contributed by atoms with E-state index in [2.05, 4.69) is 0 Å². The van der Waals surface area contributed by atoms with E-state index < -0.39 is 23.6 Å². The lowest BCUT2D eigenvalue weighted by Gasteiger charge is -2.27. The van der Waals surface area contributed by atoms with Crippen LogP contribution in [0, 0.1) is 0 Å². The first kappa shape index (κ1) is 18.4. The summed E-state index contributed by atoms with van der Waals surface area (Å²) in [5, 5.41) is 10.5. The van der Waals surface area contributed by atoms with Gasteiger partial charge in [-0.25, -0.2) is 0 Å². The van der Waals surface area contributed by atoms with Crippen molar-refractivity contribution in [1.29, 1.82) is 0 Å². The van der Waals surface area contributed by atoms with Crippen molar-refractivity contribution in [3.05, 3.63) is 71.3 Å². The third-order valence-electron chi connectivity index (χ3n) is 3.71. The molecule has 0 radical (unpaired) electrons. The fraction of sp³-hybridized carbons (Fsp3) is 0.333. The molecule has 0 saturated carbocycles. The molecule has 0 fully saturated rings. The molecular weight excluding hydrogens is 319 g/mol. The summed E-state index contributed by atoms with van der Waals surface area (Å²) < 4.78 is 43.4. The van der Waals surface area contributed by atoms with Gasteiger partial charge in [0, 0.05) is 6.42 Å². The molecule has 0 bridgehead atoms. The lowest BCUT2D eigenvalue weighted by atomic mass is 9.92. The van der Waals surface area contributed by atoms with Gasteiger partial charge < -0.3 is 15.6 Å². The zero-order valence-electron chi connectivity index (χ0n) is 13.3. The molecule has 24 heavy (non-hydrogen) atoms. The fourth-order valence-electron chi connectivity index (χ4n) is 2.41. The molecule has 0 aromatic heterocycles. The number of hydrogen-bond donors (Lipinski definition) is 2. The number of ether oxygens (including phenoxy) is 1. The van der Waals surface area contributed by atoms with Crippen molar-refractivity contribution in [1.82, 2.24) is 0 Å². The standard InChI is InChI=1S/C18H20F3NO2/c1-17(23,14-7-3-2-4-8-14)11-16(22)24-12-13-6-5-9-15(10-13)18(19,20)21/h2-10,16,23H,11-12,22H2,1H3. The predicted molar refractivity (Wildman–Crippen MR) is 84.8 cm³/mol. The topological polar surface area (TPSA) is 55.5 Å². The largest absolute Gasteiger partial charge is 0.416 e. The second-order valence-corrected chi connectivity index (χ2v) is 5.89. The van der Waals surface area contributed by atoms with E-state index in [1.807, 2.05) is 6.07 Å². The van der Waals surface area contributed by atoms with Crippen LogP contribution in [-0.2, 0) is 23.1 Å². The molecule has 2 unspecified atom stereocenters. The third kappa shape index (κ3) is 5.06. The highest BCUT2D eigenvalue weighted by Crippen LogP contribution is 2.30. The normalized spacial score (nSPS) is 15.8. The van der Waals surface area contributed by atoms with E-state index >= 15 is 0 Å². The highest BCUT2D eigenvalue weighted by molar-refractivity contribution is 5.25. The van der Waals surface area contributed by atoms with Crippen molar-refractivity contribution in [2.24, 2.45) is 5.73 Å². The maximum absolute atomic E-state index is 12.7. The van der Waals surface area contributed by atoms with Gasteiger partial charge in [-0.3, -0.25) is 0 Å². The molecule has 0 heterocycles. The predicted octanol–water partition coefficient (Wildman–Crippen LogP) is 3.80. The summed E-state index contributed by atoms with van der Waals surface area (Å²) in [6.45, 7) is 1.56. The molecule has 0 aliphatic carbocycles. The average molecular weight is 339 g/mol. The zero-order valence-corrected chi connectivity index (χ0v) is 13.3. The van der Waals surface area contributed by atoms with Gasteiger partial charge in [-0.1, -0.05) is 42.5 Å². The van der Waals surface area contributed by atoms with E-state index in [0.717, 1.165) is 12.1 Å². The van der Waals surface area contributed by atoms with Gasteiger partial charge in [-0.05, 0) is 30.2 Å². The molecule has 6 heteroatoms. The van der Waals surface area contributed by atoms with Crippen molar-refractivity contribution < 1.29 is 23.0 Å². The monoisotopic (exact) mass is 339 g/mol. The molecule has 0 aliphatic heterocycles. The van der Waals surface area contributed by atoms with Crippen LogP contribution in [-0.4, -0.2) is 11.3 Å². The van der Waals surface area contributed by atoms with Crippen molar-refractivity contribution in [3.63, 3.8) is 0 Å². The minimum Gasteiger partial charge on any atom is -0.385 e. The molecule has 2 rings (SSSR count). The lowest BCUT2D eigenvalue weighted by molar-refractivity contribution is -0.137. The van der Waals surface area contributed by atoms with E-state index in [1.54, 1.807) is 31.2 Å². The van der Waals surface area contributed by atoms with Crippen LogP contribution >= 0.6 is 0 Å². The summed E-state index contributed by atoms with van der Waals surface area (Å²) in [5.41, 5.74) is 5.02. The van der Waals surface area contributed by atoms with E-state index in [4.69, 9.17) is 10.5 Å². The molecule has 2 aromatic rings. The van der Waals surface area contributed by atoms with Crippen LogP contribution in [0.2, 0.25) is 0 Å². The Labute approximate surface area is 138 Å². The van der Waals surface area contributed by atoms with E-state index in [9.17, 15) is 18.3 Å². The Kier molecular flexibility index (Phi) is 5.64. The Hall–Kier alpha value is -1.89. The second-order valence-electron chi connectivity index (χ2n) is 5.89. The maximum atomic E-state index is 12.7. The Morgan fingerprint density at radius 2 is 1.67 bits per heavy atom. The minimum atomic E-state index is -4.39. The van der Waals surface area contributed by atoms with Gasteiger partial charge in [0.25, 0.3) is 0 Å². The van der Waals surface area contributed by atoms with E-state index in [0.29, 0.717) is 11.1 Å².